The number of carbonyl (C=O) groups is 1. The van der Waals surface area contributed by atoms with Gasteiger partial charge in [-0.1, -0.05) is 24.3 Å². The molecule has 0 bridgehead atoms. The topological polar surface area (TPSA) is 81.3 Å². The highest BCUT2D eigenvalue weighted by molar-refractivity contribution is 5.73. The van der Waals surface area contributed by atoms with Crippen molar-refractivity contribution < 1.29 is 13.9 Å². The summed E-state index contributed by atoms with van der Waals surface area (Å²) in [5.74, 6) is 0.800. The Morgan fingerprint density at radius 3 is 2.78 bits per heavy atom. The first kappa shape index (κ1) is 18.7. The number of nitrogens with one attached hydrogen (secondary N) is 2. The second-order valence-corrected chi connectivity index (χ2v) is 6.07. The van der Waals surface area contributed by atoms with Crippen LogP contribution in [0.15, 0.2) is 65.5 Å². The number of amides is 2. The fraction of sp³-hybridized carbons (Fsp3) is 0.300. The van der Waals surface area contributed by atoms with Gasteiger partial charge in [-0.15, -0.1) is 0 Å². The molecular weight excluding hydrogens is 344 g/mol. The molecule has 2 heterocycles. The summed E-state index contributed by atoms with van der Waals surface area (Å²) in [4.78, 5) is 12.0. The number of ether oxygens (including phenoxy) is 1. The van der Waals surface area contributed by atoms with Crippen LogP contribution >= 0.6 is 0 Å². The predicted octanol–water partition coefficient (Wildman–Crippen LogP) is 2.93. The van der Waals surface area contributed by atoms with Gasteiger partial charge in [-0.05, 0) is 35.7 Å². The lowest BCUT2D eigenvalue weighted by Crippen LogP contribution is -2.36. The quantitative estimate of drug-likeness (QED) is 0.539. The average Bonchev–Trinajstić information content (AvgIpc) is 3.38. The SMILES string of the molecule is O=C(NCCCOCc1ccco1)NCc1ccccc1Cn1cccn1. The number of urea groups is 1. The molecule has 2 amide bonds. The molecule has 27 heavy (non-hydrogen) atoms. The fourth-order valence-electron chi connectivity index (χ4n) is 2.63. The molecule has 0 radical (unpaired) electrons. The Hall–Kier alpha value is -3.06. The van der Waals surface area contributed by atoms with Crippen LogP contribution < -0.4 is 10.6 Å². The maximum Gasteiger partial charge on any atom is 0.315 e. The summed E-state index contributed by atoms with van der Waals surface area (Å²) in [5, 5.41) is 9.97. The van der Waals surface area contributed by atoms with E-state index < -0.39 is 0 Å². The van der Waals surface area contributed by atoms with E-state index in [1.54, 1.807) is 12.5 Å². The van der Waals surface area contributed by atoms with E-state index >= 15 is 0 Å². The Morgan fingerprint density at radius 2 is 2.00 bits per heavy atom. The van der Waals surface area contributed by atoms with E-state index in [0.29, 0.717) is 32.8 Å². The molecular formula is C20H24N4O3. The average molecular weight is 368 g/mol. The van der Waals surface area contributed by atoms with Crippen molar-refractivity contribution >= 4 is 6.03 Å². The number of hydrogen-bond acceptors (Lipinski definition) is 4. The number of nitrogens with zero attached hydrogens (tertiary/aromatic N) is 2. The zero-order chi connectivity index (χ0) is 18.7. The van der Waals surface area contributed by atoms with Crippen LogP contribution in [0.1, 0.15) is 23.3 Å². The molecule has 0 aliphatic carbocycles. The van der Waals surface area contributed by atoms with Gasteiger partial charge in [0.2, 0.25) is 0 Å². The smallest absolute Gasteiger partial charge is 0.315 e. The predicted molar refractivity (Wildman–Crippen MR) is 101 cm³/mol. The van der Waals surface area contributed by atoms with Crippen LogP contribution in [-0.4, -0.2) is 29.0 Å². The lowest BCUT2D eigenvalue weighted by molar-refractivity contribution is 0.104. The lowest BCUT2D eigenvalue weighted by atomic mass is 10.1. The molecule has 7 nitrogen and oxygen atoms in total. The van der Waals surface area contributed by atoms with Gasteiger partial charge in [0.1, 0.15) is 12.4 Å². The third-order valence-corrected chi connectivity index (χ3v) is 4.02. The maximum absolute atomic E-state index is 12.0. The van der Waals surface area contributed by atoms with Gasteiger partial charge < -0.3 is 19.8 Å². The van der Waals surface area contributed by atoms with Gasteiger partial charge in [-0.2, -0.15) is 5.10 Å². The van der Waals surface area contributed by atoms with Crippen LogP contribution in [0, 0.1) is 0 Å². The molecule has 3 aromatic rings. The van der Waals surface area contributed by atoms with Gasteiger partial charge in [0.25, 0.3) is 0 Å². The molecule has 2 aromatic heterocycles. The maximum atomic E-state index is 12.0. The molecule has 0 atom stereocenters. The minimum absolute atomic E-state index is 0.185. The summed E-state index contributed by atoms with van der Waals surface area (Å²) >= 11 is 0. The largest absolute Gasteiger partial charge is 0.467 e. The first-order chi connectivity index (χ1) is 13.3. The summed E-state index contributed by atoms with van der Waals surface area (Å²) in [6, 6.07) is 13.4. The van der Waals surface area contributed by atoms with Crippen molar-refractivity contribution in [1.82, 2.24) is 20.4 Å². The van der Waals surface area contributed by atoms with Gasteiger partial charge in [0.15, 0.2) is 0 Å². The molecule has 0 saturated carbocycles. The van der Waals surface area contributed by atoms with Crippen molar-refractivity contribution in [2.24, 2.45) is 0 Å². The van der Waals surface area contributed by atoms with Crippen molar-refractivity contribution in [2.45, 2.75) is 26.1 Å². The first-order valence-electron chi connectivity index (χ1n) is 8.97. The molecule has 2 N–H and O–H groups in total. The summed E-state index contributed by atoms with van der Waals surface area (Å²) in [5.41, 5.74) is 2.21. The van der Waals surface area contributed by atoms with E-state index in [-0.39, 0.29) is 6.03 Å². The molecule has 0 saturated heterocycles. The second kappa shape index (κ2) is 10.2. The zero-order valence-electron chi connectivity index (χ0n) is 15.1. The molecule has 0 spiro atoms. The molecule has 0 aliphatic rings. The number of hydrogen-bond donors (Lipinski definition) is 2. The van der Waals surface area contributed by atoms with Crippen LogP contribution in [0.2, 0.25) is 0 Å². The third-order valence-electron chi connectivity index (χ3n) is 4.02. The Morgan fingerprint density at radius 1 is 1.11 bits per heavy atom. The minimum Gasteiger partial charge on any atom is -0.467 e. The van der Waals surface area contributed by atoms with E-state index in [4.69, 9.17) is 9.15 Å². The minimum atomic E-state index is -0.185. The van der Waals surface area contributed by atoms with Crippen LogP contribution in [0.25, 0.3) is 0 Å². The highest BCUT2D eigenvalue weighted by Crippen LogP contribution is 2.10. The normalized spacial score (nSPS) is 10.7. The van der Waals surface area contributed by atoms with Crippen LogP contribution in [0.4, 0.5) is 4.79 Å². The Kier molecular flexibility index (Phi) is 7.06. The zero-order valence-corrected chi connectivity index (χ0v) is 15.1. The Balaban J connectivity index is 1.33. The van der Waals surface area contributed by atoms with Gasteiger partial charge in [0, 0.05) is 32.1 Å². The molecule has 0 unspecified atom stereocenters. The number of benzene rings is 1. The molecule has 3 rings (SSSR count). The summed E-state index contributed by atoms with van der Waals surface area (Å²) in [7, 11) is 0. The van der Waals surface area contributed by atoms with Crippen molar-refractivity contribution in [3.05, 3.63) is 78.0 Å². The van der Waals surface area contributed by atoms with Crippen molar-refractivity contribution in [3.63, 3.8) is 0 Å². The number of rotatable bonds is 10. The van der Waals surface area contributed by atoms with Crippen molar-refractivity contribution in [1.29, 1.82) is 0 Å². The fourth-order valence-corrected chi connectivity index (χ4v) is 2.63. The molecule has 0 aliphatic heterocycles. The number of aromatic nitrogens is 2. The standard InChI is InChI=1S/C20H24N4O3/c25-20(21-9-5-12-26-16-19-8-3-13-27-19)22-14-17-6-1-2-7-18(17)15-24-11-4-10-23-24/h1-4,6-8,10-11,13H,5,9,12,14-16H2,(H2,21,22,25). The van der Waals surface area contributed by atoms with E-state index in [0.717, 1.165) is 23.3 Å². The number of furan rings is 1. The van der Waals surface area contributed by atoms with E-state index in [1.807, 2.05) is 53.3 Å². The summed E-state index contributed by atoms with van der Waals surface area (Å²) in [6.45, 7) is 2.72. The van der Waals surface area contributed by atoms with E-state index in [2.05, 4.69) is 15.7 Å². The lowest BCUT2D eigenvalue weighted by Gasteiger charge is -2.12. The van der Waals surface area contributed by atoms with Crippen LogP contribution in [-0.2, 0) is 24.4 Å². The molecule has 0 fully saturated rings. The molecule has 1 aromatic carbocycles. The van der Waals surface area contributed by atoms with Gasteiger partial charge in [0.05, 0.1) is 12.8 Å². The summed E-state index contributed by atoms with van der Waals surface area (Å²) < 4.78 is 12.5. The highest BCUT2D eigenvalue weighted by Gasteiger charge is 2.05. The van der Waals surface area contributed by atoms with Gasteiger partial charge in [-0.3, -0.25) is 4.68 Å². The Bertz CT molecular complexity index is 801. The summed E-state index contributed by atoms with van der Waals surface area (Å²) in [6.07, 6.45) is 6.04. The first-order valence-corrected chi connectivity index (χ1v) is 8.97. The third kappa shape index (κ3) is 6.31. The second-order valence-electron chi connectivity index (χ2n) is 6.07. The van der Waals surface area contributed by atoms with Crippen molar-refractivity contribution in [3.8, 4) is 0 Å². The van der Waals surface area contributed by atoms with Crippen LogP contribution in [0.3, 0.4) is 0 Å². The monoisotopic (exact) mass is 368 g/mol. The Labute approximate surface area is 158 Å². The number of carbonyl (C=O) groups excluding carboxylic acids is 1. The van der Waals surface area contributed by atoms with Gasteiger partial charge >= 0.3 is 6.03 Å². The molecule has 7 heteroatoms. The molecule has 142 valence electrons. The van der Waals surface area contributed by atoms with E-state index in [9.17, 15) is 4.79 Å². The van der Waals surface area contributed by atoms with Crippen molar-refractivity contribution in [2.75, 3.05) is 13.2 Å². The van der Waals surface area contributed by atoms with Gasteiger partial charge in [-0.25, -0.2) is 4.79 Å². The highest BCUT2D eigenvalue weighted by atomic mass is 16.5. The van der Waals surface area contributed by atoms with E-state index in [1.165, 1.54) is 0 Å². The van der Waals surface area contributed by atoms with Crippen LogP contribution in [0.5, 0.6) is 0 Å².